The Morgan fingerprint density at radius 1 is 1.22 bits per heavy atom. The number of nitrogens with one attached hydrogen (secondary N) is 2. The zero-order valence-electron chi connectivity index (χ0n) is 13.2. The van der Waals surface area contributed by atoms with Crippen LogP contribution in [-0.2, 0) is 9.59 Å². The summed E-state index contributed by atoms with van der Waals surface area (Å²) in [5.41, 5.74) is -0.803. The van der Waals surface area contributed by atoms with Crippen molar-refractivity contribution in [1.82, 2.24) is 20.4 Å². The van der Waals surface area contributed by atoms with Gasteiger partial charge in [0.05, 0.1) is 0 Å². The van der Waals surface area contributed by atoms with Crippen LogP contribution in [0.15, 0.2) is 0 Å². The summed E-state index contributed by atoms with van der Waals surface area (Å²) in [6.45, 7) is 5.04. The monoisotopic (exact) mass is 342 g/mol. The maximum atomic E-state index is 12.5. The molecule has 0 spiro atoms. The minimum atomic E-state index is -0.803. The molecular weight excluding hydrogens is 320 g/mol. The lowest BCUT2D eigenvalue weighted by Gasteiger charge is -2.22. The molecule has 0 aromatic rings. The van der Waals surface area contributed by atoms with Crippen LogP contribution in [0.3, 0.4) is 0 Å². The van der Waals surface area contributed by atoms with Crippen LogP contribution >= 0.6 is 12.4 Å². The summed E-state index contributed by atoms with van der Waals surface area (Å²) in [6, 6.07) is -0.422. The fraction of sp³-hybridized carbons (Fsp3) is 0.800. The molecule has 7 nitrogen and oxygen atoms in total. The lowest BCUT2D eigenvalue weighted by molar-refractivity contribution is -0.138. The van der Waals surface area contributed by atoms with Gasteiger partial charge in [0, 0.05) is 26.2 Å². The summed E-state index contributed by atoms with van der Waals surface area (Å²) >= 11 is 0. The normalized spacial score (nSPS) is 36.0. The first-order valence-corrected chi connectivity index (χ1v) is 8.11. The van der Waals surface area contributed by atoms with Crippen LogP contribution in [0.4, 0.5) is 4.79 Å². The maximum Gasteiger partial charge on any atom is 0.325 e. The number of nitrogens with zero attached hydrogens (tertiary/aromatic N) is 2. The van der Waals surface area contributed by atoms with Crippen LogP contribution in [-0.4, -0.2) is 65.9 Å². The summed E-state index contributed by atoms with van der Waals surface area (Å²) in [6.07, 6.45) is 1.93. The van der Waals surface area contributed by atoms with Gasteiger partial charge in [-0.15, -0.1) is 12.4 Å². The van der Waals surface area contributed by atoms with E-state index in [1.54, 1.807) is 6.92 Å². The third kappa shape index (κ3) is 2.59. The molecule has 3 atom stereocenters. The molecule has 0 aromatic heterocycles. The largest absolute Gasteiger partial charge is 0.340 e. The number of urea groups is 1. The number of carbonyl (C=O) groups is 3. The molecule has 3 heterocycles. The van der Waals surface area contributed by atoms with Gasteiger partial charge in [-0.25, -0.2) is 4.79 Å². The highest BCUT2D eigenvalue weighted by atomic mass is 35.5. The smallest absolute Gasteiger partial charge is 0.325 e. The molecule has 2 N–H and O–H groups in total. The number of imide groups is 1. The Morgan fingerprint density at radius 3 is 2.39 bits per heavy atom. The Bertz CT molecular complexity index is 541. The Hall–Kier alpha value is -1.34. The molecule has 4 fully saturated rings. The zero-order chi connectivity index (χ0) is 15.5. The summed E-state index contributed by atoms with van der Waals surface area (Å²) in [4.78, 5) is 40.0. The van der Waals surface area contributed by atoms with Crippen molar-refractivity contribution in [2.75, 3.05) is 32.7 Å². The highest BCUT2D eigenvalue weighted by molar-refractivity contribution is 6.09. The molecule has 8 heteroatoms. The van der Waals surface area contributed by atoms with Crippen molar-refractivity contribution < 1.29 is 14.4 Å². The fourth-order valence-corrected chi connectivity index (χ4v) is 4.09. The van der Waals surface area contributed by atoms with Gasteiger partial charge in [0.1, 0.15) is 12.1 Å². The minimum absolute atomic E-state index is 0. The van der Waals surface area contributed by atoms with E-state index in [2.05, 4.69) is 10.6 Å². The molecule has 23 heavy (non-hydrogen) atoms. The second-order valence-electron chi connectivity index (χ2n) is 7.28. The summed E-state index contributed by atoms with van der Waals surface area (Å²) in [5.74, 6) is 0.904. The van der Waals surface area contributed by atoms with Crippen molar-refractivity contribution in [3.63, 3.8) is 0 Å². The summed E-state index contributed by atoms with van der Waals surface area (Å²) < 4.78 is 0. The Kier molecular flexibility index (Phi) is 4.04. The Morgan fingerprint density at radius 2 is 1.83 bits per heavy atom. The second-order valence-corrected chi connectivity index (χ2v) is 7.28. The number of rotatable bonds is 3. The molecule has 3 aliphatic heterocycles. The van der Waals surface area contributed by atoms with Crippen molar-refractivity contribution in [1.29, 1.82) is 0 Å². The summed E-state index contributed by atoms with van der Waals surface area (Å²) in [7, 11) is 0. The quantitative estimate of drug-likeness (QED) is 0.696. The van der Waals surface area contributed by atoms with Gasteiger partial charge in [-0.1, -0.05) is 0 Å². The van der Waals surface area contributed by atoms with Crippen molar-refractivity contribution in [3.8, 4) is 0 Å². The number of carbonyl (C=O) groups excluding carboxylic acids is 3. The Balaban J connectivity index is 0.00000156. The first-order valence-electron chi connectivity index (χ1n) is 8.11. The fourth-order valence-electron chi connectivity index (χ4n) is 4.09. The molecular formula is C15H23ClN4O3. The van der Waals surface area contributed by atoms with E-state index in [4.69, 9.17) is 0 Å². The van der Waals surface area contributed by atoms with Crippen molar-refractivity contribution >= 4 is 30.3 Å². The van der Waals surface area contributed by atoms with Crippen LogP contribution < -0.4 is 10.6 Å². The minimum Gasteiger partial charge on any atom is -0.340 e. The van der Waals surface area contributed by atoms with Gasteiger partial charge >= 0.3 is 6.03 Å². The van der Waals surface area contributed by atoms with Gasteiger partial charge in [0.25, 0.3) is 5.91 Å². The number of amides is 4. The number of hydrogen-bond donors (Lipinski definition) is 2. The molecule has 3 saturated heterocycles. The number of halogens is 1. The second kappa shape index (κ2) is 5.63. The van der Waals surface area contributed by atoms with E-state index in [0.717, 1.165) is 43.9 Å². The molecule has 4 aliphatic rings. The molecule has 128 valence electrons. The van der Waals surface area contributed by atoms with Gasteiger partial charge in [0.2, 0.25) is 5.91 Å². The van der Waals surface area contributed by atoms with Crippen LogP contribution in [0, 0.1) is 17.8 Å². The average molecular weight is 343 g/mol. The molecule has 1 unspecified atom stereocenters. The van der Waals surface area contributed by atoms with Gasteiger partial charge in [0.15, 0.2) is 0 Å². The first kappa shape index (κ1) is 16.5. The lowest BCUT2D eigenvalue weighted by atomic mass is 9.96. The SMILES string of the molecule is CC1(C2CC2)NC(=O)N(CC(=O)N2C[C@H]3CNC[C@H]3C2)C1=O.Cl. The highest BCUT2D eigenvalue weighted by Crippen LogP contribution is 2.42. The van der Waals surface area contributed by atoms with E-state index in [0.29, 0.717) is 11.8 Å². The van der Waals surface area contributed by atoms with Gasteiger partial charge < -0.3 is 15.5 Å². The van der Waals surface area contributed by atoms with Crippen LogP contribution in [0.25, 0.3) is 0 Å². The molecule has 1 saturated carbocycles. The van der Waals surface area contributed by atoms with E-state index in [1.807, 2.05) is 4.90 Å². The van der Waals surface area contributed by atoms with Crippen molar-refractivity contribution in [2.24, 2.45) is 17.8 Å². The third-order valence-corrected chi connectivity index (χ3v) is 5.73. The van der Waals surface area contributed by atoms with Crippen LogP contribution in [0.2, 0.25) is 0 Å². The lowest BCUT2D eigenvalue weighted by Crippen LogP contribution is -2.47. The molecule has 4 amide bonds. The predicted octanol–water partition coefficient (Wildman–Crippen LogP) is -0.193. The molecule has 1 aliphatic carbocycles. The zero-order valence-corrected chi connectivity index (χ0v) is 14.0. The van der Waals surface area contributed by atoms with E-state index in [1.165, 1.54) is 0 Å². The van der Waals surface area contributed by atoms with E-state index < -0.39 is 11.6 Å². The van der Waals surface area contributed by atoms with Gasteiger partial charge in [-0.2, -0.15) is 0 Å². The van der Waals surface area contributed by atoms with Crippen molar-refractivity contribution in [3.05, 3.63) is 0 Å². The Labute approximate surface area is 141 Å². The van der Waals surface area contributed by atoms with Crippen LogP contribution in [0.1, 0.15) is 19.8 Å². The average Bonchev–Trinajstić information content (AvgIpc) is 3.06. The number of hydrogen-bond acceptors (Lipinski definition) is 4. The first-order chi connectivity index (χ1) is 10.5. The van der Waals surface area contributed by atoms with Crippen molar-refractivity contribution in [2.45, 2.75) is 25.3 Å². The molecule has 4 rings (SSSR count). The topological polar surface area (TPSA) is 81.8 Å². The highest BCUT2D eigenvalue weighted by Gasteiger charge is 2.56. The van der Waals surface area contributed by atoms with Gasteiger partial charge in [-0.3, -0.25) is 14.5 Å². The maximum absolute atomic E-state index is 12.5. The predicted molar refractivity (Wildman–Crippen MR) is 85.1 cm³/mol. The molecule has 0 bridgehead atoms. The summed E-state index contributed by atoms with van der Waals surface area (Å²) in [5, 5.41) is 6.12. The standard InChI is InChI=1S/C15H22N4O3.ClH/c1-15(11-2-3-11)13(21)19(14(22)17-15)8-12(20)18-6-9-4-16-5-10(9)7-18;/h9-11,16H,2-8H2,1H3,(H,17,22);1H/t9-,10+,15?;. The van der Waals surface area contributed by atoms with E-state index in [-0.39, 0.29) is 36.7 Å². The van der Waals surface area contributed by atoms with Gasteiger partial charge in [-0.05, 0) is 37.5 Å². The molecule has 0 aromatic carbocycles. The number of fused-ring (bicyclic) bond motifs is 1. The van der Waals surface area contributed by atoms with Crippen LogP contribution in [0.5, 0.6) is 0 Å². The van der Waals surface area contributed by atoms with E-state index in [9.17, 15) is 14.4 Å². The third-order valence-electron chi connectivity index (χ3n) is 5.73. The molecule has 0 radical (unpaired) electrons. The van der Waals surface area contributed by atoms with E-state index >= 15 is 0 Å². The number of likely N-dealkylation sites (tertiary alicyclic amines) is 1.